The molecule has 3 amide bonds. The highest BCUT2D eigenvalue weighted by atomic mass is 16.7. The summed E-state index contributed by atoms with van der Waals surface area (Å²) >= 11 is 0. The van der Waals surface area contributed by atoms with Crippen LogP contribution in [0, 0.1) is 0 Å². The highest BCUT2D eigenvalue weighted by Gasteiger charge is 2.50. The molecule has 0 aromatic heterocycles. The Hall–Kier alpha value is -6.05. The normalized spacial score (nSPS) is 19.9. The van der Waals surface area contributed by atoms with Gasteiger partial charge in [-0.05, 0) is 77.8 Å². The summed E-state index contributed by atoms with van der Waals surface area (Å²) in [7, 11) is 0. The molecule has 322 valence electrons. The van der Waals surface area contributed by atoms with Crippen LogP contribution in [0.5, 0.6) is 0 Å². The van der Waals surface area contributed by atoms with Crippen LogP contribution in [0.4, 0.5) is 17.1 Å². The number of nitrogens with zero attached hydrogens (tertiary/aromatic N) is 2. The van der Waals surface area contributed by atoms with E-state index in [4.69, 9.17) is 15.2 Å². The minimum Gasteiger partial charge on any atom is -0.397 e. The molecule has 3 fully saturated rings. The van der Waals surface area contributed by atoms with Crippen molar-refractivity contribution in [1.82, 2.24) is 15.5 Å². The summed E-state index contributed by atoms with van der Waals surface area (Å²) in [5, 5.41) is 18.7. The molecule has 5 aromatic rings. The van der Waals surface area contributed by atoms with Crippen molar-refractivity contribution in [3.63, 3.8) is 0 Å². The number of benzene rings is 5. The predicted octanol–water partition coefficient (Wildman–Crippen LogP) is 7.22. The number of carbonyl (C=O) groups excluding carboxylic acids is 3. The van der Waals surface area contributed by atoms with Crippen molar-refractivity contribution >= 4 is 34.8 Å². The Morgan fingerprint density at radius 2 is 1.47 bits per heavy atom. The van der Waals surface area contributed by atoms with E-state index in [1.807, 2.05) is 84.9 Å². The van der Waals surface area contributed by atoms with E-state index in [1.54, 1.807) is 12.1 Å². The number of unbranched alkanes of at least 4 members (excludes halogenated alkanes) is 1. The van der Waals surface area contributed by atoms with Crippen molar-refractivity contribution in [2.24, 2.45) is 0 Å². The molecule has 3 aliphatic rings. The number of hydrogen-bond acceptors (Lipinski definition) is 9. The Labute approximate surface area is 363 Å². The molecule has 62 heavy (non-hydrogen) atoms. The van der Waals surface area contributed by atoms with Crippen molar-refractivity contribution in [3.05, 3.63) is 150 Å². The van der Waals surface area contributed by atoms with Crippen molar-refractivity contribution in [1.29, 1.82) is 0 Å². The second kappa shape index (κ2) is 19.8. The zero-order valence-electron chi connectivity index (χ0n) is 35.0. The number of nitrogens with one attached hydrogen (secondary N) is 3. The molecule has 3 heterocycles. The summed E-state index contributed by atoms with van der Waals surface area (Å²) in [4.78, 5) is 43.2. The van der Waals surface area contributed by atoms with E-state index in [9.17, 15) is 19.5 Å². The van der Waals surface area contributed by atoms with Gasteiger partial charge in [-0.3, -0.25) is 14.4 Å². The van der Waals surface area contributed by atoms with Gasteiger partial charge in [0, 0.05) is 56.7 Å². The smallest absolute Gasteiger partial charge is 0.247 e. The van der Waals surface area contributed by atoms with Crippen LogP contribution in [0.3, 0.4) is 0 Å². The van der Waals surface area contributed by atoms with Crippen LogP contribution in [0.2, 0.25) is 0 Å². The zero-order chi connectivity index (χ0) is 42.9. The lowest BCUT2D eigenvalue weighted by atomic mass is 9.85. The van der Waals surface area contributed by atoms with E-state index < -0.39 is 11.8 Å². The van der Waals surface area contributed by atoms with Crippen molar-refractivity contribution in [2.45, 2.75) is 82.1 Å². The number of ether oxygens (including phenoxy) is 2. The van der Waals surface area contributed by atoms with E-state index in [-0.39, 0.29) is 36.5 Å². The van der Waals surface area contributed by atoms with Crippen LogP contribution in [-0.4, -0.2) is 65.7 Å². The fourth-order valence-electron chi connectivity index (χ4n) is 8.91. The SMILES string of the molecule is Nc1ccccc1NC(=O)CCCCC(=O)NCc1ccccc1-c1ccc([C@@H]2O[C@H](CN3CCC4(CC3)C(=O)NCN4c3ccccc3)C[C@H](c3ccc(CO)cc3)O2)cc1. The lowest BCUT2D eigenvalue weighted by Crippen LogP contribution is -2.57. The lowest BCUT2D eigenvalue weighted by molar-refractivity contribution is -0.253. The van der Waals surface area contributed by atoms with Crippen LogP contribution >= 0.6 is 0 Å². The number of piperidine rings is 1. The number of amides is 3. The highest BCUT2D eigenvalue weighted by molar-refractivity contribution is 5.94. The summed E-state index contributed by atoms with van der Waals surface area (Å²) in [6.45, 7) is 3.14. The number of aliphatic hydroxyl groups is 1. The maximum Gasteiger partial charge on any atom is 0.247 e. The Balaban J connectivity index is 0.886. The quantitative estimate of drug-likeness (QED) is 0.0543. The van der Waals surface area contributed by atoms with E-state index in [1.165, 1.54) is 0 Å². The lowest BCUT2D eigenvalue weighted by Gasteiger charge is -2.45. The molecule has 5 aromatic carbocycles. The maximum atomic E-state index is 13.3. The molecular formula is C50H56N6O6. The van der Waals surface area contributed by atoms with E-state index in [2.05, 4.69) is 56.1 Å². The number of nitrogens with two attached hydrogens (primary N) is 1. The monoisotopic (exact) mass is 836 g/mol. The third kappa shape index (κ3) is 10.0. The number of hydrogen-bond donors (Lipinski definition) is 5. The first-order valence-electron chi connectivity index (χ1n) is 21.7. The van der Waals surface area contributed by atoms with Gasteiger partial charge in [-0.25, -0.2) is 0 Å². The molecule has 3 aliphatic heterocycles. The Morgan fingerprint density at radius 3 is 2.21 bits per heavy atom. The van der Waals surface area contributed by atoms with Gasteiger partial charge in [-0.1, -0.05) is 103 Å². The summed E-state index contributed by atoms with van der Waals surface area (Å²) < 4.78 is 13.4. The number of aliphatic hydroxyl groups excluding tert-OH is 1. The number of carbonyl (C=O) groups is 3. The second-order valence-electron chi connectivity index (χ2n) is 16.5. The third-order valence-corrected chi connectivity index (χ3v) is 12.4. The number of anilines is 3. The zero-order valence-corrected chi connectivity index (χ0v) is 35.0. The van der Waals surface area contributed by atoms with Crippen LogP contribution in [0.25, 0.3) is 11.1 Å². The molecule has 3 saturated heterocycles. The molecule has 1 spiro atoms. The molecule has 8 rings (SSSR count). The fraction of sp³-hybridized carbons (Fsp3) is 0.340. The Morgan fingerprint density at radius 1 is 0.790 bits per heavy atom. The molecular weight excluding hydrogens is 781 g/mol. The number of nitrogen functional groups attached to an aromatic ring is 1. The van der Waals surface area contributed by atoms with Crippen LogP contribution in [-0.2, 0) is 37.0 Å². The van der Waals surface area contributed by atoms with Gasteiger partial charge in [0.05, 0.1) is 36.9 Å². The van der Waals surface area contributed by atoms with Gasteiger partial charge in [0.1, 0.15) is 5.54 Å². The van der Waals surface area contributed by atoms with E-state index in [0.717, 1.165) is 65.0 Å². The van der Waals surface area contributed by atoms with E-state index in [0.29, 0.717) is 63.2 Å². The van der Waals surface area contributed by atoms with Gasteiger partial charge in [0.15, 0.2) is 6.29 Å². The Kier molecular flexibility index (Phi) is 13.6. The maximum absolute atomic E-state index is 13.3. The van der Waals surface area contributed by atoms with Gasteiger partial charge in [0.2, 0.25) is 17.7 Å². The number of likely N-dealkylation sites (tertiary alicyclic amines) is 1. The van der Waals surface area contributed by atoms with Gasteiger partial charge in [0.25, 0.3) is 0 Å². The molecule has 0 unspecified atom stereocenters. The first-order chi connectivity index (χ1) is 30.3. The van der Waals surface area contributed by atoms with Crippen LogP contribution in [0.1, 0.15) is 79.6 Å². The summed E-state index contributed by atoms with van der Waals surface area (Å²) in [5.41, 5.74) is 13.4. The first-order valence-corrected chi connectivity index (χ1v) is 21.7. The molecule has 0 aliphatic carbocycles. The Bertz CT molecular complexity index is 2300. The molecule has 0 saturated carbocycles. The van der Waals surface area contributed by atoms with Crippen LogP contribution < -0.4 is 26.6 Å². The van der Waals surface area contributed by atoms with Gasteiger partial charge < -0.3 is 46.1 Å². The average molecular weight is 837 g/mol. The third-order valence-electron chi connectivity index (χ3n) is 12.4. The van der Waals surface area contributed by atoms with Crippen molar-refractivity contribution < 1.29 is 29.0 Å². The van der Waals surface area contributed by atoms with Gasteiger partial charge in [-0.15, -0.1) is 0 Å². The minimum atomic E-state index is -0.604. The topological polar surface area (TPSA) is 158 Å². The minimum absolute atomic E-state index is 0.0216. The molecule has 12 nitrogen and oxygen atoms in total. The summed E-state index contributed by atoms with van der Waals surface area (Å²) in [6, 6.07) is 41.5. The van der Waals surface area contributed by atoms with E-state index >= 15 is 0 Å². The number of para-hydroxylation sites is 3. The molecule has 0 bridgehead atoms. The summed E-state index contributed by atoms with van der Waals surface area (Å²) in [5.74, 6) is -0.0834. The van der Waals surface area contributed by atoms with Gasteiger partial charge >= 0.3 is 0 Å². The molecule has 0 radical (unpaired) electrons. The predicted molar refractivity (Wildman–Crippen MR) is 240 cm³/mol. The molecule has 6 N–H and O–H groups in total. The molecule has 3 atom stereocenters. The fourth-order valence-corrected chi connectivity index (χ4v) is 8.91. The van der Waals surface area contributed by atoms with Crippen molar-refractivity contribution in [3.8, 4) is 11.1 Å². The largest absolute Gasteiger partial charge is 0.397 e. The molecule has 12 heteroatoms. The van der Waals surface area contributed by atoms with Gasteiger partial charge in [-0.2, -0.15) is 0 Å². The average Bonchev–Trinajstić information content (AvgIpc) is 3.63. The summed E-state index contributed by atoms with van der Waals surface area (Å²) in [6.07, 6.45) is 3.01. The van der Waals surface area contributed by atoms with Crippen LogP contribution in [0.15, 0.2) is 127 Å². The first kappa shape index (κ1) is 42.6. The second-order valence-corrected chi connectivity index (χ2v) is 16.5. The standard InChI is InChI=1S/C50H56N6O6/c51-43-14-6-7-15-44(43)54-47(59)17-9-8-16-46(58)52-31-39-10-4-5-13-42(39)36-22-24-38(25-23-36)48-61-41(30-45(62-48)37-20-18-35(33-57)19-21-37)32-55-28-26-50(27-29-55)49(60)53-34-56(50)40-11-2-1-3-12-40/h1-7,10-15,18-25,41,45,48,57H,8-9,16-17,26-34,51H2,(H,52,58)(H,53,60)(H,54,59)/t41-,45+,48+/m0/s1. The number of rotatable bonds is 15. The van der Waals surface area contributed by atoms with Crippen molar-refractivity contribution in [2.75, 3.05) is 42.3 Å². The highest BCUT2D eigenvalue weighted by Crippen LogP contribution is 2.41.